The zero-order chi connectivity index (χ0) is 32.3. The third-order valence-electron chi connectivity index (χ3n) is 8.53. The van der Waals surface area contributed by atoms with Crippen LogP contribution in [0.5, 0.6) is 0 Å². The Balaban J connectivity index is 0.000000226. The Morgan fingerprint density at radius 1 is 0.522 bits per heavy atom. The maximum absolute atomic E-state index is 2.37. The average molecular weight is 700 g/mol. The first kappa shape index (κ1) is 37.7. The van der Waals surface area contributed by atoms with Gasteiger partial charge in [0.1, 0.15) is 0 Å². The zero-order valence-corrected chi connectivity index (χ0v) is 32.8. The second-order valence-corrected chi connectivity index (χ2v) is 13.8. The predicted octanol–water partition coefficient (Wildman–Crippen LogP) is 13.4. The summed E-state index contributed by atoms with van der Waals surface area (Å²) in [6, 6.07) is 40.5. The van der Waals surface area contributed by atoms with Crippen LogP contribution in [-0.4, -0.2) is 9.52 Å². The van der Waals surface area contributed by atoms with Crippen LogP contribution in [0.25, 0.3) is 43.8 Å². The number of hydrogen-bond acceptors (Lipinski definition) is 0. The van der Waals surface area contributed by atoms with Gasteiger partial charge in [-0.3, -0.25) is 0 Å². The first-order valence-corrected chi connectivity index (χ1v) is 19.0. The molecular formula is C44H52SiZr. The molecule has 0 heterocycles. The SMILES string of the molecule is CCCc1ccccc1-c1cccc2[cH-]c(C(C)C)cc12.CCCc1ccccc1-c1cccc2[cH-]c(C(C)C)cc12.C[Si]C.[Zr+2]. The van der Waals surface area contributed by atoms with Crippen molar-refractivity contribution in [2.75, 3.05) is 0 Å². The van der Waals surface area contributed by atoms with E-state index in [4.69, 9.17) is 0 Å². The van der Waals surface area contributed by atoms with Gasteiger partial charge in [0.2, 0.25) is 0 Å². The summed E-state index contributed by atoms with van der Waals surface area (Å²) in [6.45, 7) is 17.9. The Kier molecular flexibility index (Phi) is 15.2. The molecule has 6 aromatic carbocycles. The fraction of sp³-hybridized carbons (Fsp3) is 0.318. The molecule has 236 valence electrons. The molecule has 0 bridgehead atoms. The monoisotopic (exact) mass is 698 g/mol. The smallest absolute Gasteiger partial charge is 0.164 e. The zero-order valence-electron chi connectivity index (χ0n) is 29.4. The van der Waals surface area contributed by atoms with E-state index in [-0.39, 0.29) is 26.2 Å². The van der Waals surface area contributed by atoms with Gasteiger partial charge < -0.3 is 0 Å². The van der Waals surface area contributed by atoms with Crippen molar-refractivity contribution in [2.45, 2.75) is 92.2 Å². The number of aryl methyl sites for hydroxylation is 2. The van der Waals surface area contributed by atoms with Crippen molar-refractivity contribution in [1.82, 2.24) is 0 Å². The van der Waals surface area contributed by atoms with Gasteiger partial charge in [0.25, 0.3) is 0 Å². The van der Waals surface area contributed by atoms with Crippen LogP contribution in [-0.2, 0) is 39.0 Å². The van der Waals surface area contributed by atoms with E-state index in [0.717, 1.165) is 22.4 Å². The van der Waals surface area contributed by atoms with Crippen molar-refractivity contribution in [3.05, 3.63) is 131 Å². The van der Waals surface area contributed by atoms with Gasteiger partial charge in [0.15, 0.2) is 0 Å². The molecule has 0 N–H and O–H groups in total. The van der Waals surface area contributed by atoms with Crippen molar-refractivity contribution in [3.8, 4) is 22.3 Å². The maximum atomic E-state index is 2.37. The van der Waals surface area contributed by atoms with Crippen LogP contribution in [0.2, 0.25) is 13.1 Å². The minimum Gasteiger partial charge on any atom is -0.164 e. The van der Waals surface area contributed by atoms with Crippen LogP contribution in [0, 0.1) is 0 Å². The van der Waals surface area contributed by atoms with Gasteiger partial charge in [-0.05, 0) is 46.9 Å². The molecular weight excluding hydrogens is 648 g/mol. The van der Waals surface area contributed by atoms with E-state index in [1.54, 1.807) is 0 Å². The second kappa shape index (κ2) is 18.5. The largest absolute Gasteiger partial charge is 2.00 e. The molecule has 0 aliphatic carbocycles. The van der Waals surface area contributed by atoms with Crippen LogP contribution in [0.15, 0.2) is 109 Å². The Morgan fingerprint density at radius 2 is 0.870 bits per heavy atom. The molecule has 0 unspecified atom stereocenters. The molecule has 0 saturated heterocycles. The Morgan fingerprint density at radius 3 is 1.22 bits per heavy atom. The molecule has 0 amide bonds. The van der Waals surface area contributed by atoms with Gasteiger partial charge in [-0.25, -0.2) is 0 Å². The third-order valence-corrected chi connectivity index (χ3v) is 8.53. The van der Waals surface area contributed by atoms with Crippen molar-refractivity contribution in [2.24, 2.45) is 0 Å². The summed E-state index contributed by atoms with van der Waals surface area (Å²) in [5, 5.41) is 5.51. The molecule has 0 aliphatic rings. The Bertz CT molecular complexity index is 1650. The molecule has 0 saturated carbocycles. The van der Waals surface area contributed by atoms with E-state index in [0.29, 0.717) is 11.8 Å². The summed E-state index contributed by atoms with van der Waals surface area (Å²) in [6.07, 6.45) is 4.66. The molecule has 0 aliphatic heterocycles. The molecule has 46 heavy (non-hydrogen) atoms. The predicted molar refractivity (Wildman–Crippen MR) is 204 cm³/mol. The van der Waals surface area contributed by atoms with Crippen LogP contribution in [0.1, 0.15) is 88.5 Å². The summed E-state index contributed by atoms with van der Waals surface area (Å²) in [7, 11) is 1.08. The number of rotatable bonds is 8. The van der Waals surface area contributed by atoms with Gasteiger partial charge in [-0.15, -0.1) is 69.1 Å². The Labute approximate surface area is 301 Å². The van der Waals surface area contributed by atoms with Crippen molar-refractivity contribution >= 4 is 31.1 Å². The van der Waals surface area contributed by atoms with Gasteiger partial charge in [-0.1, -0.05) is 139 Å². The summed E-state index contributed by atoms with van der Waals surface area (Å²) < 4.78 is 0. The molecule has 6 rings (SSSR count). The second-order valence-electron chi connectivity index (χ2n) is 12.8. The molecule has 0 nitrogen and oxygen atoms in total. The summed E-state index contributed by atoms with van der Waals surface area (Å²) in [5.74, 6) is 1.16. The molecule has 6 aromatic rings. The molecule has 2 heteroatoms. The van der Waals surface area contributed by atoms with Crippen LogP contribution in [0.4, 0.5) is 0 Å². The minimum absolute atomic E-state index is 0. The minimum atomic E-state index is 0. The normalized spacial score (nSPS) is 10.8. The van der Waals surface area contributed by atoms with Crippen molar-refractivity contribution in [3.63, 3.8) is 0 Å². The number of hydrogen-bond donors (Lipinski definition) is 0. The quantitative estimate of drug-likeness (QED) is 0.110. The van der Waals surface area contributed by atoms with Gasteiger partial charge in [0, 0.05) is 9.52 Å². The van der Waals surface area contributed by atoms with E-state index in [1.165, 1.54) is 78.9 Å². The molecule has 0 spiro atoms. The summed E-state index contributed by atoms with van der Waals surface area (Å²) in [4.78, 5) is 0. The van der Waals surface area contributed by atoms with Crippen LogP contribution < -0.4 is 0 Å². The van der Waals surface area contributed by atoms with Crippen LogP contribution >= 0.6 is 0 Å². The first-order valence-electron chi connectivity index (χ1n) is 17.0. The summed E-state index contributed by atoms with van der Waals surface area (Å²) >= 11 is 0. The fourth-order valence-electron chi connectivity index (χ4n) is 6.19. The van der Waals surface area contributed by atoms with E-state index < -0.39 is 0 Å². The standard InChI is InChI=1S/2C21H23.C2H6Si.Zr/c2*1-4-8-16-9-5-6-11-19(16)20-12-7-10-17-13-18(15(2)3)14-21(17)20;1-3-2;/h2*5-7,9-15H,4,8H2,1-3H3;1-2H3;/q2*-1;;+2. The first-order chi connectivity index (χ1) is 21.8. The molecule has 0 fully saturated rings. The third kappa shape index (κ3) is 9.17. The fourth-order valence-corrected chi connectivity index (χ4v) is 6.19. The molecule has 0 atom stereocenters. The Hall–Kier alpha value is -2.80. The number of fused-ring (bicyclic) bond motifs is 2. The van der Waals surface area contributed by atoms with E-state index in [1.807, 2.05) is 0 Å². The maximum Gasteiger partial charge on any atom is 2.00 e. The van der Waals surface area contributed by atoms with Gasteiger partial charge in [-0.2, -0.15) is 12.1 Å². The van der Waals surface area contributed by atoms with Crippen LogP contribution in [0.3, 0.4) is 0 Å². The van der Waals surface area contributed by atoms with E-state index >= 15 is 0 Å². The van der Waals surface area contributed by atoms with E-state index in [2.05, 4.69) is 164 Å². The van der Waals surface area contributed by atoms with Crippen molar-refractivity contribution < 1.29 is 26.2 Å². The molecule has 2 radical (unpaired) electrons. The summed E-state index contributed by atoms with van der Waals surface area (Å²) in [5.41, 5.74) is 11.3. The topological polar surface area (TPSA) is 0 Å². The number of benzene rings is 4. The van der Waals surface area contributed by atoms with Crippen molar-refractivity contribution in [1.29, 1.82) is 0 Å². The average Bonchev–Trinajstić information content (AvgIpc) is 3.68. The van der Waals surface area contributed by atoms with E-state index in [9.17, 15) is 0 Å². The molecule has 0 aromatic heterocycles. The van der Waals surface area contributed by atoms with Gasteiger partial charge in [0.05, 0.1) is 0 Å². The van der Waals surface area contributed by atoms with Gasteiger partial charge >= 0.3 is 26.2 Å².